The van der Waals surface area contributed by atoms with Crippen molar-refractivity contribution in [3.05, 3.63) is 58.1 Å². The summed E-state index contributed by atoms with van der Waals surface area (Å²) in [6.45, 7) is 4.23. The second kappa shape index (κ2) is 14.4. The van der Waals surface area contributed by atoms with Crippen LogP contribution in [0.2, 0.25) is 0 Å². The van der Waals surface area contributed by atoms with Gasteiger partial charge in [0.25, 0.3) is 0 Å². The molecule has 0 spiro atoms. The molecule has 29 heavy (non-hydrogen) atoms. The van der Waals surface area contributed by atoms with E-state index in [9.17, 15) is 0 Å². The highest BCUT2D eigenvalue weighted by molar-refractivity contribution is 9.10. The Morgan fingerprint density at radius 2 is 1.38 bits per heavy atom. The molecule has 0 saturated heterocycles. The van der Waals surface area contributed by atoms with Crippen molar-refractivity contribution in [2.75, 3.05) is 40.4 Å². The minimum atomic E-state index is 0.755. The first-order valence-corrected chi connectivity index (χ1v) is 11.4. The lowest BCUT2D eigenvalue weighted by Gasteiger charge is -2.13. The van der Waals surface area contributed by atoms with Crippen LogP contribution in [0.4, 0.5) is 0 Å². The summed E-state index contributed by atoms with van der Waals surface area (Å²) in [7, 11) is 3.33. The fourth-order valence-corrected chi connectivity index (χ4v) is 4.01. The minimum absolute atomic E-state index is 0.755. The Kier molecular flexibility index (Phi) is 11.8. The molecular formula is C24H35BrN2O2. The lowest BCUT2D eigenvalue weighted by Crippen LogP contribution is -2.19. The maximum absolute atomic E-state index is 5.44. The van der Waals surface area contributed by atoms with Crippen LogP contribution in [0.5, 0.6) is 11.5 Å². The van der Waals surface area contributed by atoms with Crippen molar-refractivity contribution < 1.29 is 9.47 Å². The van der Waals surface area contributed by atoms with E-state index < -0.39 is 0 Å². The Bertz CT molecular complexity index is 695. The van der Waals surface area contributed by atoms with Gasteiger partial charge in [-0.25, -0.2) is 0 Å². The molecule has 0 bridgehead atoms. The average molecular weight is 463 g/mol. The van der Waals surface area contributed by atoms with Crippen molar-refractivity contribution in [2.24, 2.45) is 0 Å². The molecule has 5 heteroatoms. The van der Waals surface area contributed by atoms with Crippen molar-refractivity contribution in [2.45, 2.75) is 38.5 Å². The number of hydrogen-bond donors (Lipinski definition) is 2. The first-order valence-electron chi connectivity index (χ1n) is 10.6. The molecule has 160 valence electrons. The van der Waals surface area contributed by atoms with E-state index in [1.54, 1.807) is 14.2 Å². The fourth-order valence-electron chi connectivity index (χ4n) is 3.33. The van der Waals surface area contributed by atoms with Crippen LogP contribution in [0.15, 0.2) is 46.9 Å². The van der Waals surface area contributed by atoms with Crippen LogP contribution in [0.1, 0.15) is 36.8 Å². The molecule has 2 N–H and O–H groups in total. The highest BCUT2D eigenvalue weighted by atomic mass is 79.9. The smallest absolute Gasteiger partial charge is 0.175 e. The zero-order valence-electron chi connectivity index (χ0n) is 17.8. The van der Waals surface area contributed by atoms with E-state index in [4.69, 9.17) is 9.47 Å². The largest absolute Gasteiger partial charge is 0.493 e. The van der Waals surface area contributed by atoms with E-state index >= 15 is 0 Å². The number of unbranched alkanes of at least 4 members (excludes halogenated alkanes) is 3. The molecule has 0 heterocycles. The maximum atomic E-state index is 5.44. The van der Waals surface area contributed by atoms with E-state index in [2.05, 4.69) is 63.0 Å². The summed E-state index contributed by atoms with van der Waals surface area (Å²) in [4.78, 5) is 0. The Morgan fingerprint density at radius 3 is 2.00 bits per heavy atom. The molecule has 0 fully saturated rings. The number of hydrogen-bond acceptors (Lipinski definition) is 4. The van der Waals surface area contributed by atoms with Crippen LogP contribution in [0, 0.1) is 0 Å². The molecule has 2 aromatic carbocycles. The van der Waals surface area contributed by atoms with Crippen LogP contribution >= 0.6 is 15.9 Å². The SMILES string of the molecule is COc1ccc(CCNCCCCCCNCCc2ccccc2)c(Br)c1OC. The lowest BCUT2D eigenvalue weighted by molar-refractivity contribution is 0.352. The lowest BCUT2D eigenvalue weighted by atomic mass is 10.1. The van der Waals surface area contributed by atoms with Gasteiger partial charge >= 0.3 is 0 Å². The topological polar surface area (TPSA) is 42.5 Å². The van der Waals surface area contributed by atoms with Crippen molar-refractivity contribution in [1.29, 1.82) is 0 Å². The summed E-state index contributed by atoms with van der Waals surface area (Å²) in [6.07, 6.45) is 7.15. The highest BCUT2D eigenvalue weighted by Gasteiger charge is 2.12. The monoisotopic (exact) mass is 462 g/mol. The van der Waals surface area contributed by atoms with Gasteiger partial charge in [-0.3, -0.25) is 0 Å². The van der Waals surface area contributed by atoms with E-state index in [-0.39, 0.29) is 0 Å². The van der Waals surface area contributed by atoms with Crippen LogP contribution < -0.4 is 20.1 Å². The number of ether oxygens (including phenoxy) is 2. The van der Waals surface area contributed by atoms with Crippen molar-refractivity contribution >= 4 is 15.9 Å². The van der Waals surface area contributed by atoms with Crippen molar-refractivity contribution in [3.8, 4) is 11.5 Å². The van der Waals surface area contributed by atoms with Crippen LogP contribution in [-0.4, -0.2) is 40.4 Å². The second-order valence-electron chi connectivity index (χ2n) is 7.17. The summed E-state index contributed by atoms with van der Waals surface area (Å²) in [6, 6.07) is 14.7. The van der Waals surface area contributed by atoms with Crippen LogP contribution in [-0.2, 0) is 12.8 Å². The number of methoxy groups -OCH3 is 2. The first-order chi connectivity index (χ1) is 14.3. The van der Waals surface area contributed by atoms with E-state index in [1.165, 1.54) is 36.8 Å². The summed E-state index contributed by atoms with van der Waals surface area (Å²) in [5.74, 6) is 1.52. The second-order valence-corrected chi connectivity index (χ2v) is 7.97. The molecule has 0 amide bonds. The maximum Gasteiger partial charge on any atom is 0.175 e. The van der Waals surface area contributed by atoms with Crippen molar-refractivity contribution in [3.63, 3.8) is 0 Å². The van der Waals surface area contributed by atoms with Crippen molar-refractivity contribution in [1.82, 2.24) is 10.6 Å². The third kappa shape index (κ3) is 8.77. The molecule has 2 rings (SSSR count). The van der Waals surface area contributed by atoms with Crippen LogP contribution in [0.25, 0.3) is 0 Å². The van der Waals surface area contributed by atoms with Gasteiger partial charge < -0.3 is 20.1 Å². The van der Waals surface area contributed by atoms with Gasteiger partial charge in [0.1, 0.15) is 0 Å². The Hall–Kier alpha value is -1.56. The van der Waals surface area contributed by atoms with Gasteiger partial charge in [0.2, 0.25) is 0 Å². The third-order valence-electron chi connectivity index (χ3n) is 5.03. The molecule has 0 aliphatic rings. The standard InChI is InChI=1S/C24H35BrN2O2/c1-28-22-13-12-21(23(25)24(22)29-2)15-19-27-17-9-4-3-8-16-26-18-14-20-10-6-5-7-11-20/h5-7,10-13,26-27H,3-4,8-9,14-19H2,1-2H3. The molecule has 0 radical (unpaired) electrons. The first kappa shape index (κ1) is 23.7. The minimum Gasteiger partial charge on any atom is -0.493 e. The third-order valence-corrected chi connectivity index (χ3v) is 5.90. The predicted molar refractivity (Wildman–Crippen MR) is 125 cm³/mol. The average Bonchev–Trinajstić information content (AvgIpc) is 2.75. The normalized spacial score (nSPS) is 10.9. The molecule has 0 aliphatic carbocycles. The predicted octanol–water partition coefficient (Wildman–Crippen LogP) is 4.99. The molecule has 2 aromatic rings. The van der Waals surface area contributed by atoms with Gasteiger partial charge in [-0.2, -0.15) is 0 Å². The molecule has 4 nitrogen and oxygen atoms in total. The Balaban J connectivity index is 1.45. The number of rotatable bonds is 15. The summed E-state index contributed by atoms with van der Waals surface area (Å²) >= 11 is 3.64. The number of benzene rings is 2. The number of halogens is 1. The molecule has 0 aliphatic heterocycles. The van der Waals surface area contributed by atoms with Gasteiger partial charge in [0.05, 0.1) is 18.7 Å². The zero-order valence-corrected chi connectivity index (χ0v) is 19.4. The number of nitrogens with one attached hydrogen (secondary N) is 2. The quantitative estimate of drug-likeness (QED) is 0.365. The summed E-state index contributed by atoms with van der Waals surface area (Å²) < 4.78 is 11.8. The van der Waals surface area contributed by atoms with Gasteiger partial charge in [-0.1, -0.05) is 49.2 Å². The Labute approximate surface area is 184 Å². The molecule has 0 aromatic heterocycles. The fraction of sp³-hybridized carbons (Fsp3) is 0.500. The zero-order chi connectivity index (χ0) is 20.7. The molecule has 0 saturated carbocycles. The van der Waals surface area contributed by atoms with Crippen LogP contribution in [0.3, 0.4) is 0 Å². The van der Waals surface area contributed by atoms with Gasteiger partial charge in [0, 0.05) is 0 Å². The Morgan fingerprint density at radius 1 is 0.724 bits per heavy atom. The molecule has 0 unspecified atom stereocenters. The summed E-state index contributed by atoms with van der Waals surface area (Å²) in [5, 5.41) is 7.09. The van der Waals surface area contributed by atoms with E-state index in [1.807, 2.05) is 6.07 Å². The highest BCUT2D eigenvalue weighted by Crippen LogP contribution is 2.37. The molecular weight excluding hydrogens is 428 g/mol. The van der Waals surface area contributed by atoms with E-state index in [0.29, 0.717) is 0 Å². The van der Waals surface area contributed by atoms with Gasteiger partial charge in [0.15, 0.2) is 11.5 Å². The van der Waals surface area contributed by atoms with Gasteiger partial charge in [-0.15, -0.1) is 0 Å². The molecule has 0 atom stereocenters. The van der Waals surface area contributed by atoms with E-state index in [0.717, 1.165) is 55.0 Å². The summed E-state index contributed by atoms with van der Waals surface area (Å²) in [5.41, 5.74) is 2.64. The van der Waals surface area contributed by atoms with Gasteiger partial charge in [-0.05, 0) is 85.0 Å².